The fourth-order valence-corrected chi connectivity index (χ4v) is 2.81. The van der Waals surface area contributed by atoms with Crippen LogP contribution in [0, 0.1) is 12.3 Å². The summed E-state index contributed by atoms with van der Waals surface area (Å²) in [6.07, 6.45) is 0.753. The van der Waals surface area contributed by atoms with Crippen molar-refractivity contribution >= 4 is 11.9 Å². The van der Waals surface area contributed by atoms with E-state index >= 15 is 0 Å². The molecule has 0 spiro atoms. The summed E-state index contributed by atoms with van der Waals surface area (Å²) in [5.74, 6) is -0.837. The first kappa shape index (κ1) is 18.0. The van der Waals surface area contributed by atoms with Crippen LogP contribution in [0.2, 0.25) is 0 Å². The minimum atomic E-state index is -0.975. The second-order valence-corrected chi connectivity index (χ2v) is 6.48. The number of nitrogens with zero attached hydrogens (tertiary/aromatic N) is 4. The van der Waals surface area contributed by atoms with E-state index in [0.717, 1.165) is 11.1 Å². The second kappa shape index (κ2) is 7.61. The van der Waals surface area contributed by atoms with Crippen molar-refractivity contribution in [3.05, 3.63) is 29.8 Å². The number of carbonyl (C=O) groups is 2. The Balaban J connectivity index is 1.58. The highest BCUT2D eigenvalue weighted by Gasteiger charge is 2.40. The number of amides is 1. The van der Waals surface area contributed by atoms with Crippen molar-refractivity contribution in [1.82, 2.24) is 25.5 Å². The molecule has 1 saturated heterocycles. The molecule has 1 aliphatic heterocycles. The van der Waals surface area contributed by atoms with Gasteiger partial charge in [0.1, 0.15) is 6.54 Å². The summed E-state index contributed by atoms with van der Waals surface area (Å²) in [4.78, 5) is 24.9. The average Bonchev–Trinajstić information content (AvgIpc) is 3.09. The van der Waals surface area contributed by atoms with Gasteiger partial charge in [-0.1, -0.05) is 29.8 Å². The Morgan fingerprint density at radius 2 is 1.96 bits per heavy atom. The summed E-state index contributed by atoms with van der Waals surface area (Å²) in [5, 5.41) is 24.2. The first-order valence-corrected chi connectivity index (χ1v) is 8.41. The van der Waals surface area contributed by atoms with Crippen LogP contribution in [0.15, 0.2) is 24.3 Å². The molecule has 1 aromatic heterocycles. The topological polar surface area (TPSA) is 119 Å². The molecule has 0 saturated carbocycles. The van der Waals surface area contributed by atoms with Crippen LogP contribution in [0.5, 0.6) is 0 Å². The standard InChI is InChI=1S/C17H21N5O4/c1-12-2-4-13(5-3-12)15-19-21-22(20-15)10-14(23)18-11-17(16(24)25)6-8-26-9-7-17/h2-5H,6-11H2,1H3,(H,18,23)(H,24,25). The molecule has 1 aliphatic rings. The molecule has 0 radical (unpaired) electrons. The predicted octanol–water partition coefficient (Wildman–Crippen LogP) is 0.646. The Bertz CT molecular complexity index is 781. The summed E-state index contributed by atoms with van der Waals surface area (Å²) in [6, 6.07) is 7.67. The highest BCUT2D eigenvalue weighted by molar-refractivity contribution is 5.79. The number of nitrogens with one attached hydrogen (secondary N) is 1. The maximum atomic E-state index is 12.1. The van der Waals surface area contributed by atoms with E-state index < -0.39 is 11.4 Å². The number of aryl methyl sites for hydroxylation is 1. The number of aliphatic carboxylic acids is 1. The van der Waals surface area contributed by atoms with Crippen LogP contribution in [0.3, 0.4) is 0 Å². The van der Waals surface area contributed by atoms with Crippen molar-refractivity contribution in [2.24, 2.45) is 5.41 Å². The molecule has 2 heterocycles. The van der Waals surface area contributed by atoms with Crippen molar-refractivity contribution in [2.75, 3.05) is 19.8 Å². The van der Waals surface area contributed by atoms with Crippen LogP contribution < -0.4 is 5.32 Å². The summed E-state index contributed by atoms with van der Waals surface area (Å²) in [7, 11) is 0. The van der Waals surface area contributed by atoms with E-state index in [-0.39, 0.29) is 19.0 Å². The molecule has 26 heavy (non-hydrogen) atoms. The van der Waals surface area contributed by atoms with Crippen molar-refractivity contribution in [3.63, 3.8) is 0 Å². The first-order valence-electron chi connectivity index (χ1n) is 8.41. The largest absolute Gasteiger partial charge is 0.481 e. The van der Waals surface area contributed by atoms with E-state index in [4.69, 9.17) is 4.74 Å². The zero-order valence-electron chi connectivity index (χ0n) is 14.5. The van der Waals surface area contributed by atoms with Gasteiger partial charge in [-0.2, -0.15) is 4.80 Å². The van der Waals surface area contributed by atoms with E-state index in [0.29, 0.717) is 31.9 Å². The van der Waals surface area contributed by atoms with Crippen molar-refractivity contribution in [2.45, 2.75) is 26.3 Å². The zero-order valence-corrected chi connectivity index (χ0v) is 14.5. The van der Waals surface area contributed by atoms with E-state index in [1.165, 1.54) is 4.80 Å². The molecule has 0 unspecified atom stereocenters. The maximum Gasteiger partial charge on any atom is 0.311 e. The first-order chi connectivity index (χ1) is 12.5. The van der Waals surface area contributed by atoms with Crippen molar-refractivity contribution in [1.29, 1.82) is 0 Å². The van der Waals surface area contributed by atoms with E-state index in [9.17, 15) is 14.7 Å². The van der Waals surface area contributed by atoms with Gasteiger partial charge in [-0.15, -0.1) is 10.2 Å². The molecular formula is C17H21N5O4. The number of carboxylic acid groups (broad SMARTS) is 1. The summed E-state index contributed by atoms with van der Waals surface area (Å²) < 4.78 is 5.22. The number of benzene rings is 1. The van der Waals surface area contributed by atoms with Gasteiger partial charge in [-0.3, -0.25) is 9.59 Å². The molecule has 138 valence electrons. The Morgan fingerprint density at radius 1 is 1.27 bits per heavy atom. The van der Waals surface area contributed by atoms with E-state index in [1.807, 2.05) is 31.2 Å². The molecule has 9 heteroatoms. The van der Waals surface area contributed by atoms with Crippen LogP contribution in [0.4, 0.5) is 0 Å². The summed E-state index contributed by atoms with van der Waals surface area (Å²) in [6.45, 7) is 2.69. The Morgan fingerprint density at radius 3 is 2.62 bits per heavy atom. The molecule has 9 nitrogen and oxygen atoms in total. The van der Waals surface area contributed by atoms with Gasteiger partial charge in [-0.25, -0.2) is 0 Å². The lowest BCUT2D eigenvalue weighted by atomic mass is 9.80. The number of carboxylic acids is 1. The molecule has 2 aromatic rings. The maximum absolute atomic E-state index is 12.1. The van der Waals surface area contributed by atoms with Crippen LogP contribution in [0.1, 0.15) is 18.4 Å². The summed E-state index contributed by atoms with van der Waals surface area (Å²) >= 11 is 0. The quantitative estimate of drug-likeness (QED) is 0.777. The second-order valence-electron chi connectivity index (χ2n) is 6.48. The molecule has 2 N–H and O–H groups in total. The van der Waals surface area contributed by atoms with Gasteiger partial charge in [0, 0.05) is 25.3 Å². The monoisotopic (exact) mass is 359 g/mol. The normalized spacial score (nSPS) is 16.2. The molecular weight excluding hydrogens is 338 g/mol. The number of tetrazole rings is 1. The summed E-state index contributed by atoms with van der Waals surface area (Å²) in [5.41, 5.74) is 0.965. The number of hydrogen-bond donors (Lipinski definition) is 2. The Hall–Kier alpha value is -2.81. The predicted molar refractivity (Wildman–Crippen MR) is 91.1 cm³/mol. The van der Waals surface area contributed by atoms with Gasteiger partial charge in [-0.05, 0) is 25.0 Å². The third kappa shape index (κ3) is 4.05. The lowest BCUT2D eigenvalue weighted by Crippen LogP contribution is -2.47. The smallest absolute Gasteiger partial charge is 0.311 e. The SMILES string of the molecule is Cc1ccc(-c2nnn(CC(=O)NCC3(C(=O)O)CCOCC3)n2)cc1. The number of carbonyl (C=O) groups excluding carboxylic acids is 1. The van der Waals surface area contributed by atoms with Gasteiger partial charge < -0.3 is 15.2 Å². The van der Waals surface area contributed by atoms with Crippen LogP contribution in [-0.4, -0.2) is 56.9 Å². The Labute approximate surface area is 150 Å². The minimum Gasteiger partial charge on any atom is -0.481 e. The minimum absolute atomic E-state index is 0.0596. The third-order valence-electron chi connectivity index (χ3n) is 4.58. The molecule has 0 bridgehead atoms. The lowest BCUT2D eigenvalue weighted by molar-refractivity contribution is -0.154. The van der Waals surface area contributed by atoms with Crippen molar-refractivity contribution < 1.29 is 19.4 Å². The van der Waals surface area contributed by atoms with Gasteiger partial charge in [0.25, 0.3) is 0 Å². The van der Waals surface area contributed by atoms with Gasteiger partial charge in [0.2, 0.25) is 11.7 Å². The van der Waals surface area contributed by atoms with Crippen molar-refractivity contribution in [3.8, 4) is 11.4 Å². The average molecular weight is 359 g/mol. The van der Waals surface area contributed by atoms with Crippen LogP contribution >= 0.6 is 0 Å². The molecule has 1 fully saturated rings. The van der Waals surface area contributed by atoms with E-state index in [2.05, 4.69) is 20.7 Å². The van der Waals surface area contributed by atoms with Gasteiger partial charge >= 0.3 is 5.97 Å². The number of hydrogen-bond acceptors (Lipinski definition) is 6. The molecule has 1 amide bonds. The van der Waals surface area contributed by atoms with Gasteiger partial charge in [0.05, 0.1) is 5.41 Å². The fraction of sp³-hybridized carbons (Fsp3) is 0.471. The number of ether oxygens (including phenoxy) is 1. The molecule has 0 aliphatic carbocycles. The number of aromatic nitrogens is 4. The fourth-order valence-electron chi connectivity index (χ4n) is 2.81. The molecule has 1 aromatic carbocycles. The van der Waals surface area contributed by atoms with Crippen LogP contribution in [0.25, 0.3) is 11.4 Å². The lowest BCUT2D eigenvalue weighted by Gasteiger charge is -2.33. The van der Waals surface area contributed by atoms with E-state index in [1.54, 1.807) is 0 Å². The third-order valence-corrected chi connectivity index (χ3v) is 4.58. The number of rotatable bonds is 6. The molecule has 3 rings (SSSR count). The zero-order chi connectivity index (χ0) is 18.6. The highest BCUT2D eigenvalue weighted by Crippen LogP contribution is 2.30. The Kier molecular flexibility index (Phi) is 5.27. The highest BCUT2D eigenvalue weighted by atomic mass is 16.5. The van der Waals surface area contributed by atoms with Crippen LogP contribution in [-0.2, 0) is 20.9 Å². The van der Waals surface area contributed by atoms with Gasteiger partial charge in [0.15, 0.2) is 0 Å². The molecule has 0 atom stereocenters.